The molecule has 0 fully saturated rings. The topological polar surface area (TPSA) is 37.3 Å². The Morgan fingerprint density at radius 3 is 2.73 bits per heavy atom. The zero-order valence-electron chi connectivity index (χ0n) is 18.2. The second kappa shape index (κ2) is 8.13. The van der Waals surface area contributed by atoms with Crippen molar-refractivity contribution in [3.05, 3.63) is 65.1 Å². The largest absolute Gasteiger partial charge is 0.378 e. The summed E-state index contributed by atoms with van der Waals surface area (Å²) in [4.78, 5) is 14.4. The minimum atomic E-state index is -0.204. The lowest BCUT2D eigenvalue weighted by Gasteiger charge is -2.26. The number of nitrogens with zero attached hydrogens (tertiary/aromatic N) is 2. The highest BCUT2D eigenvalue weighted by Crippen LogP contribution is 2.35. The van der Waals surface area contributed by atoms with E-state index < -0.39 is 0 Å². The average Bonchev–Trinajstić information content (AvgIpc) is 3.00. The normalized spacial score (nSPS) is 16.0. The van der Waals surface area contributed by atoms with Gasteiger partial charge < -0.3 is 14.8 Å². The van der Waals surface area contributed by atoms with E-state index in [9.17, 15) is 9.18 Å². The van der Waals surface area contributed by atoms with Crippen molar-refractivity contribution in [1.29, 1.82) is 0 Å². The van der Waals surface area contributed by atoms with Crippen molar-refractivity contribution in [1.82, 2.24) is 9.88 Å². The van der Waals surface area contributed by atoms with Crippen molar-refractivity contribution >= 4 is 22.5 Å². The van der Waals surface area contributed by atoms with E-state index >= 15 is 0 Å². The van der Waals surface area contributed by atoms with Crippen LogP contribution < -0.4 is 10.2 Å². The monoisotopic (exact) mass is 407 g/mol. The molecule has 0 bridgehead atoms. The van der Waals surface area contributed by atoms with Crippen LogP contribution in [0.1, 0.15) is 37.1 Å². The summed E-state index contributed by atoms with van der Waals surface area (Å²) >= 11 is 0. The molecule has 1 aliphatic rings. The summed E-state index contributed by atoms with van der Waals surface area (Å²) in [6, 6.07) is 13.5. The number of benzene rings is 2. The van der Waals surface area contributed by atoms with Gasteiger partial charge in [0.1, 0.15) is 5.82 Å². The van der Waals surface area contributed by atoms with Gasteiger partial charge in [0.25, 0.3) is 0 Å². The molecule has 0 radical (unpaired) electrons. The van der Waals surface area contributed by atoms with Crippen LogP contribution in [0.4, 0.5) is 10.1 Å². The van der Waals surface area contributed by atoms with E-state index in [2.05, 4.69) is 33.0 Å². The molecule has 0 saturated carbocycles. The first-order chi connectivity index (χ1) is 14.3. The minimum Gasteiger partial charge on any atom is -0.378 e. The van der Waals surface area contributed by atoms with E-state index in [1.54, 1.807) is 12.1 Å². The Balaban J connectivity index is 1.77. The Morgan fingerprint density at radius 1 is 1.23 bits per heavy atom. The molecule has 1 aromatic heterocycles. The van der Waals surface area contributed by atoms with Crippen LogP contribution in [0.2, 0.25) is 0 Å². The van der Waals surface area contributed by atoms with Gasteiger partial charge >= 0.3 is 0 Å². The molecular weight excluding hydrogens is 377 g/mol. The van der Waals surface area contributed by atoms with E-state index in [4.69, 9.17) is 0 Å². The maximum Gasteiger partial charge on any atom is 0.222 e. The van der Waals surface area contributed by atoms with Crippen LogP contribution in [-0.4, -0.2) is 30.6 Å². The van der Waals surface area contributed by atoms with Gasteiger partial charge in [-0.3, -0.25) is 4.79 Å². The molecule has 0 saturated heterocycles. The van der Waals surface area contributed by atoms with E-state index in [1.807, 2.05) is 34.0 Å². The first-order valence-corrected chi connectivity index (χ1v) is 10.7. The molecule has 4 rings (SSSR count). The number of hydrogen-bond acceptors (Lipinski definition) is 2. The molecule has 2 aromatic carbocycles. The van der Waals surface area contributed by atoms with E-state index in [0.717, 1.165) is 30.5 Å². The van der Waals surface area contributed by atoms with Crippen molar-refractivity contribution in [2.75, 3.05) is 19.0 Å². The second-order valence-corrected chi connectivity index (χ2v) is 8.84. The van der Waals surface area contributed by atoms with Crippen LogP contribution in [0.15, 0.2) is 42.5 Å². The van der Waals surface area contributed by atoms with Gasteiger partial charge in [0.2, 0.25) is 5.91 Å². The van der Waals surface area contributed by atoms with Crippen LogP contribution in [0.5, 0.6) is 0 Å². The number of hydrogen-bond donors (Lipinski definition) is 1. The van der Waals surface area contributed by atoms with Crippen molar-refractivity contribution in [3.63, 3.8) is 0 Å². The Bertz CT molecular complexity index is 1080. The Kier molecular flexibility index (Phi) is 5.54. The summed E-state index contributed by atoms with van der Waals surface area (Å²) in [6.45, 7) is 4.50. The Hall–Kier alpha value is -2.82. The third kappa shape index (κ3) is 3.93. The fourth-order valence-electron chi connectivity index (χ4n) is 4.41. The standard InChI is InChI=1S/C25H30FN3O/c1-16(2)25(30)27-19-8-10-23-21(13-19)22-14-20(28(3)4)9-11-24(22)29(23)15-17-6-5-7-18(26)12-17/h5-7,9,11-12,14,16,19H,8,10,13,15H2,1-4H3,(H,27,30). The van der Waals surface area contributed by atoms with Crippen molar-refractivity contribution in [2.24, 2.45) is 5.92 Å². The predicted molar refractivity (Wildman–Crippen MR) is 121 cm³/mol. The molecule has 1 heterocycles. The smallest absolute Gasteiger partial charge is 0.222 e. The van der Waals surface area contributed by atoms with Gasteiger partial charge in [-0.2, -0.15) is 0 Å². The van der Waals surface area contributed by atoms with E-state index in [0.29, 0.717) is 6.54 Å². The highest BCUT2D eigenvalue weighted by Gasteiger charge is 2.27. The van der Waals surface area contributed by atoms with Gasteiger partial charge in [0.05, 0.1) is 0 Å². The third-order valence-electron chi connectivity index (χ3n) is 6.07. The summed E-state index contributed by atoms with van der Waals surface area (Å²) in [5, 5.41) is 4.45. The molecule has 1 N–H and O–H groups in total. The lowest BCUT2D eigenvalue weighted by molar-refractivity contribution is -0.124. The van der Waals surface area contributed by atoms with Crippen LogP contribution >= 0.6 is 0 Å². The molecule has 0 spiro atoms. The quantitative estimate of drug-likeness (QED) is 0.675. The Morgan fingerprint density at radius 2 is 2.03 bits per heavy atom. The summed E-state index contributed by atoms with van der Waals surface area (Å²) < 4.78 is 16.1. The molecule has 1 atom stereocenters. The number of carbonyl (C=O) groups is 1. The number of nitrogens with one attached hydrogen (secondary N) is 1. The van der Waals surface area contributed by atoms with Crippen LogP contribution in [0.3, 0.4) is 0 Å². The molecule has 0 aliphatic heterocycles. The molecule has 1 amide bonds. The highest BCUT2D eigenvalue weighted by atomic mass is 19.1. The number of fused-ring (bicyclic) bond motifs is 3. The molecule has 3 aromatic rings. The molecule has 1 unspecified atom stereocenters. The lowest BCUT2D eigenvalue weighted by atomic mass is 9.91. The summed E-state index contributed by atoms with van der Waals surface area (Å²) in [6.07, 6.45) is 2.66. The average molecular weight is 408 g/mol. The zero-order chi connectivity index (χ0) is 21.4. The fraction of sp³-hybridized carbons (Fsp3) is 0.400. The van der Waals surface area contributed by atoms with Gasteiger partial charge in [0.15, 0.2) is 0 Å². The molecular formula is C25H30FN3O. The Labute approximate surface area is 177 Å². The van der Waals surface area contributed by atoms with Crippen molar-refractivity contribution in [2.45, 2.75) is 45.7 Å². The maximum absolute atomic E-state index is 13.8. The summed E-state index contributed by atoms with van der Waals surface area (Å²) in [5.74, 6) is -0.105. The van der Waals surface area contributed by atoms with Gasteiger partial charge in [0, 0.05) is 54.9 Å². The van der Waals surface area contributed by atoms with Gasteiger partial charge in [-0.15, -0.1) is 0 Å². The predicted octanol–water partition coefficient (Wildman–Crippen LogP) is 4.52. The SMILES string of the molecule is CC(C)C(=O)NC1CCc2c(c3cc(N(C)C)ccc3n2Cc2cccc(F)c2)C1. The van der Waals surface area contributed by atoms with Gasteiger partial charge in [-0.1, -0.05) is 26.0 Å². The maximum atomic E-state index is 13.8. The van der Waals surface area contributed by atoms with Crippen LogP contribution in [0.25, 0.3) is 10.9 Å². The van der Waals surface area contributed by atoms with Crippen molar-refractivity contribution in [3.8, 4) is 0 Å². The number of carbonyl (C=O) groups excluding carboxylic acids is 1. The molecule has 30 heavy (non-hydrogen) atoms. The number of amides is 1. The summed E-state index contributed by atoms with van der Waals surface area (Å²) in [5.41, 5.74) is 5.90. The summed E-state index contributed by atoms with van der Waals surface area (Å²) in [7, 11) is 4.09. The molecule has 5 heteroatoms. The number of aromatic nitrogens is 1. The van der Waals surface area contributed by atoms with Crippen LogP contribution in [0, 0.1) is 11.7 Å². The van der Waals surface area contributed by atoms with E-state index in [-0.39, 0.29) is 23.7 Å². The fourth-order valence-corrected chi connectivity index (χ4v) is 4.41. The molecule has 1 aliphatic carbocycles. The van der Waals surface area contributed by atoms with Crippen molar-refractivity contribution < 1.29 is 9.18 Å². The van der Waals surface area contributed by atoms with Gasteiger partial charge in [-0.25, -0.2) is 4.39 Å². The van der Waals surface area contributed by atoms with E-state index in [1.165, 1.54) is 28.2 Å². The molecule has 4 nitrogen and oxygen atoms in total. The number of halogens is 1. The number of rotatable bonds is 5. The lowest BCUT2D eigenvalue weighted by Crippen LogP contribution is -2.41. The number of anilines is 1. The minimum absolute atomic E-state index is 0.0129. The third-order valence-corrected chi connectivity index (χ3v) is 6.07. The molecule has 158 valence electrons. The van der Waals surface area contributed by atoms with Gasteiger partial charge in [-0.05, 0) is 60.7 Å². The highest BCUT2D eigenvalue weighted by molar-refractivity contribution is 5.89. The zero-order valence-corrected chi connectivity index (χ0v) is 18.2. The first kappa shape index (κ1) is 20.5. The second-order valence-electron chi connectivity index (χ2n) is 8.84. The van der Waals surface area contributed by atoms with Crippen LogP contribution in [-0.2, 0) is 24.2 Å². The first-order valence-electron chi connectivity index (χ1n) is 10.7.